The van der Waals surface area contributed by atoms with E-state index in [1.807, 2.05) is 6.07 Å². The largest absolute Gasteiger partial charge is 0.481 e. The molecule has 132 valence electrons. The van der Waals surface area contributed by atoms with Gasteiger partial charge in [0.1, 0.15) is 5.15 Å². The maximum Gasteiger partial charge on any atom is 0.305 e. The average molecular weight is 389 g/mol. The van der Waals surface area contributed by atoms with Crippen molar-refractivity contribution in [1.82, 2.24) is 10.3 Å². The maximum atomic E-state index is 12.6. The minimum atomic E-state index is -1.00. The third-order valence-electron chi connectivity index (χ3n) is 3.94. The van der Waals surface area contributed by atoms with Gasteiger partial charge in [-0.05, 0) is 17.7 Å². The smallest absolute Gasteiger partial charge is 0.305 e. The number of nitrogens with one attached hydrogen (secondary N) is 1. The summed E-state index contributed by atoms with van der Waals surface area (Å²) in [6.45, 7) is 0. The predicted molar refractivity (Wildman–Crippen MR) is 101 cm³/mol. The minimum Gasteiger partial charge on any atom is -0.481 e. The van der Waals surface area contributed by atoms with Gasteiger partial charge in [-0.2, -0.15) is 0 Å². The van der Waals surface area contributed by atoms with Crippen LogP contribution in [0.4, 0.5) is 0 Å². The number of hydrogen-bond donors (Lipinski definition) is 2. The fourth-order valence-corrected chi connectivity index (χ4v) is 3.09. The van der Waals surface area contributed by atoms with E-state index in [1.165, 1.54) is 6.20 Å². The average Bonchev–Trinajstić information content (AvgIpc) is 2.64. The number of nitrogens with zero attached hydrogens (tertiary/aromatic N) is 1. The molecule has 2 aromatic carbocycles. The van der Waals surface area contributed by atoms with E-state index >= 15 is 0 Å². The number of aromatic nitrogens is 1. The summed E-state index contributed by atoms with van der Waals surface area (Å²) in [4.78, 5) is 27.8. The van der Waals surface area contributed by atoms with Gasteiger partial charge in [0, 0.05) is 22.5 Å². The molecule has 1 aromatic heterocycles. The van der Waals surface area contributed by atoms with Gasteiger partial charge in [-0.15, -0.1) is 0 Å². The third-order valence-corrected chi connectivity index (χ3v) is 4.54. The van der Waals surface area contributed by atoms with Gasteiger partial charge in [-0.25, -0.2) is 4.98 Å². The first-order valence-corrected chi connectivity index (χ1v) is 8.52. The summed E-state index contributed by atoms with van der Waals surface area (Å²) in [5.74, 6) is -1.41. The number of aliphatic carboxylic acids is 1. The van der Waals surface area contributed by atoms with Crippen molar-refractivity contribution in [3.63, 3.8) is 0 Å². The van der Waals surface area contributed by atoms with Crippen molar-refractivity contribution in [2.45, 2.75) is 12.5 Å². The molecule has 1 atom stereocenters. The van der Waals surface area contributed by atoms with Gasteiger partial charge in [-0.1, -0.05) is 59.6 Å². The Kier molecular flexibility index (Phi) is 5.40. The van der Waals surface area contributed by atoms with E-state index in [1.54, 1.807) is 42.5 Å². The first-order chi connectivity index (χ1) is 12.5. The second-order valence-electron chi connectivity index (χ2n) is 5.69. The van der Waals surface area contributed by atoms with Crippen LogP contribution in [-0.2, 0) is 4.79 Å². The summed E-state index contributed by atoms with van der Waals surface area (Å²) in [6, 6.07) is 13.2. The van der Waals surface area contributed by atoms with Crippen LogP contribution in [0.3, 0.4) is 0 Å². The van der Waals surface area contributed by atoms with Crippen LogP contribution in [0.25, 0.3) is 10.8 Å². The number of carbonyl (C=O) groups excluding carboxylic acids is 1. The number of amides is 1. The number of fused-ring (bicyclic) bond motifs is 1. The van der Waals surface area contributed by atoms with E-state index in [4.69, 9.17) is 28.3 Å². The molecule has 3 aromatic rings. The Balaban J connectivity index is 1.91. The molecule has 0 bridgehead atoms. The number of pyridine rings is 1. The zero-order valence-electron chi connectivity index (χ0n) is 13.4. The van der Waals surface area contributed by atoms with Gasteiger partial charge in [0.25, 0.3) is 5.91 Å². The topological polar surface area (TPSA) is 79.3 Å². The highest BCUT2D eigenvalue weighted by atomic mass is 35.5. The zero-order chi connectivity index (χ0) is 18.7. The highest BCUT2D eigenvalue weighted by Crippen LogP contribution is 2.28. The monoisotopic (exact) mass is 388 g/mol. The number of halogens is 2. The number of rotatable bonds is 5. The molecule has 0 spiro atoms. The molecule has 3 rings (SSSR count). The number of carbonyl (C=O) groups is 2. The van der Waals surface area contributed by atoms with Crippen molar-refractivity contribution in [3.05, 3.63) is 76.0 Å². The van der Waals surface area contributed by atoms with Crippen molar-refractivity contribution in [2.75, 3.05) is 0 Å². The standard InChI is InChI=1S/C19H14Cl2N2O3/c20-15-10-22-18(21)14-8-12(6-7-13(14)15)19(26)23-16(9-17(24)25)11-4-2-1-3-5-11/h1-8,10,16H,9H2,(H,23,26)(H,24,25). The normalized spacial score (nSPS) is 11.9. The minimum absolute atomic E-state index is 0.225. The van der Waals surface area contributed by atoms with Gasteiger partial charge in [0.2, 0.25) is 0 Å². The molecule has 5 nitrogen and oxygen atoms in total. The van der Waals surface area contributed by atoms with Gasteiger partial charge in [0.15, 0.2) is 0 Å². The summed E-state index contributed by atoms with van der Waals surface area (Å²) in [7, 11) is 0. The van der Waals surface area contributed by atoms with Crippen LogP contribution in [0.2, 0.25) is 10.2 Å². The Hall–Kier alpha value is -2.63. The molecular formula is C19H14Cl2N2O3. The lowest BCUT2D eigenvalue weighted by atomic mass is 10.0. The predicted octanol–water partition coefficient (Wildman–Crippen LogP) is 4.49. The van der Waals surface area contributed by atoms with Crippen LogP contribution in [0, 0.1) is 0 Å². The van der Waals surface area contributed by atoms with E-state index < -0.39 is 17.9 Å². The lowest BCUT2D eigenvalue weighted by Gasteiger charge is -2.17. The molecule has 1 unspecified atom stereocenters. The van der Waals surface area contributed by atoms with Gasteiger partial charge < -0.3 is 10.4 Å². The Morgan fingerprint density at radius 3 is 2.50 bits per heavy atom. The molecule has 0 saturated carbocycles. The van der Waals surface area contributed by atoms with Gasteiger partial charge >= 0.3 is 5.97 Å². The molecule has 1 amide bonds. The first kappa shape index (κ1) is 18.2. The lowest BCUT2D eigenvalue weighted by Crippen LogP contribution is -2.30. The number of carboxylic acids is 1. The van der Waals surface area contributed by atoms with Crippen molar-refractivity contribution < 1.29 is 14.7 Å². The highest BCUT2D eigenvalue weighted by molar-refractivity contribution is 6.39. The summed E-state index contributed by atoms with van der Waals surface area (Å²) in [5.41, 5.74) is 1.06. The fourth-order valence-electron chi connectivity index (χ4n) is 2.67. The molecule has 26 heavy (non-hydrogen) atoms. The molecule has 0 aliphatic rings. The van der Waals surface area contributed by atoms with Crippen LogP contribution in [0.5, 0.6) is 0 Å². The highest BCUT2D eigenvalue weighted by Gasteiger charge is 2.19. The number of benzene rings is 2. The summed E-state index contributed by atoms with van der Waals surface area (Å²) in [6.07, 6.45) is 1.22. The van der Waals surface area contributed by atoms with Crippen LogP contribution in [0.1, 0.15) is 28.4 Å². The van der Waals surface area contributed by atoms with Crippen molar-refractivity contribution in [1.29, 1.82) is 0 Å². The summed E-state index contributed by atoms with van der Waals surface area (Å²) >= 11 is 12.2. The van der Waals surface area contributed by atoms with Gasteiger partial charge in [-0.3, -0.25) is 9.59 Å². The Morgan fingerprint density at radius 2 is 1.81 bits per heavy atom. The van der Waals surface area contributed by atoms with Crippen molar-refractivity contribution in [2.24, 2.45) is 0 Å². The van der Waals surface area contributed by atoms with Crippen LogP contribution in [0.15, 0.2) is 54.7 Å². The Labute approximate surface area is 159 Å². The molecule has 7 heteroatoms. The molecule has 0 aliphatic heterocycles. The molecular weight excluding hydrogens is 375 g/mol. The molecule has 0 radical (unpaired) electrons. The lowest BCUT2D eigenvalue weighted by molar-refractivity contribution is -0.137. The molecule has 2 N–H and O–H groups in total. The van der Waals surface area contributed by atoms with Crippen molar-refractivity contribution in [3.8, 4) is 0 Å². The summed E-state index contributed by atoms with van der Waals surface area (Å²) < 4.78 is 0. The second kappa shape index (κ2) is 7.72. The first-order valence-electron chi connectivity index (χ1n) is 7.77. The number of hydrogen-bond acceptors (Lipinski definition) is 3. The molecule has 0 aliphatic carbocycles. The Bertz CT molecular complexity index is 977. The van der Waals surface area contributed by atoms with Crippen LogP contribution < -0.4 is 5.32 Å². The van der Waals surface area contributed by atoms with Crippen LogP contribution >= 0.6 is 23.2 Å². The van der Waals surface area contributed by atoms with Crippen LogP contribution in [-0.4, -0.2) is 22.0 Å². The molecule has 1 heterocycles. The Morgan fingerprint density at radius 1 is 1.08 bits per heavy atom. The maximum absolute atomic E-state index is 12.6. The molecule has 0 saturated heterocycles. The van der Waals surface area contributed by atoms with Gasteiger partial charge in [0.05, 0.1) is 17.5 Å². The number of carboxylic acid groups (broad SMARTS) is 1. The quantitative estimate of drug-likeness (QED) is 0.631. The third kappa shape index (κ3) is 3.95. The van der Waals surface area contributed by atoms with E-state index in [-0.39, 0.29) is 11.6 Å². The van der Waals surface area contributed by atoms with Crippen molar-refractivity contribution >= 4 is 45.9 Å². The van der Waals surface area contributed by atoms with E-state index in [9.17, 15) is 9.59 Å². The second-order valence-corrected chi connectivity index (χ2v) is 6.46. The zero-order valence-corrected chi connectivity index (χ0v) is 15.0. The molecule has 0 fully saturated rings. The van der Waals surface area contributed by atoms with E-state index in [0.29, 0.717) is 26.9 Å². The fraction of sp³-hybridized carbons (Fsp3) is 0.105. The SMILES string of the molecule is O=C(O)CC(NC(=O)c1ccc2c(Cl)cnc(Cl)c2c1)c1ccccc1. The van der Waals surface area contributed by atoms with E-state index in [2.05, 4.69) is 10.3 Å². The summed E-state index contributed by atoms with van der Waals surface area (Å²) in [5, 5.41) is 13.8. The van der Waals surface area contributed by atoms with E-state index in [0.717, 1.165) is 0 Å².